The maximum Gasteiger partial charge on any atom is 0.134 e. The third-order valence-electron chi connectivity index (χ3n) is 4.58. The van der Waals surface area contributed by atoms with Crippen molar-refractivity contribution in [3.05, 3.63) is 42.2 Å². The summed E-state index contributed by atoms with van der Waals surface area (Å²) in [7, 11) is 1.68. The molecule has 3 N–H and O–H groups in total. The third-order valence-corrected chi connectivity index (χ3v) is 4.58. The Morgan fingerprint density at radius 2 is 2.16 bits per heavy atom. The minimum Gasteiger partial charge on any atom is -0.497 e. The van der Waals surface area contributed by atoms with Crippen LogP contribution in [0, 0.1) is 0 Å². The molecule has 1 fully saturated rings. The average molecular weight is 343 g/mol. The Bertz CT molecular complexity index is 697. The minimum atomic E-state index is 0.166. The van der Waals surface area contributed by atoms with Gasteiger partial charge >= 0.3 is 0 Å². The molecule has 0 saturated carbocycles. The lowest BCUT2D eigenvalue weighted by Gasteiger charge is -2.42. The number of aliphatic hydroxyl groups excluding tert-OH is 1. The Morgan fingerprint density at radius 3 is 2.92 bits per heavy atom. The number of benzene rings is 1. The van der Waals surface area contributed by atoms with E-state index < -0.39 is 0 Å². The summed E-state index contributed by atoms with van der Waals surface area (Å²) < 4.78 is 5.31. The third kappa shape index (κ3) is 4.37. The molecule has 134 valence electrons. The first-order valence-corrected chi connectivity index (χ1v) is 8.50. The van der Waals surface area contributed by atoms with Gasteiger partial charge in [0.2, 0.25) is 0 Å². The van der Waals surface area contributed by atoms with Crippen molar-refractivity contribution < 1.29 is 9.84 Å². The van der Waals surface area contributed by atoms with E-state index in [1.807, 2.05) is 12.1 Å². The molecule has 1 atom stereocenters. The van der Waals surface area contributed by atoms with Crippen molar-refractivity contribution in [2.24, 2.45) is 0 Å². The summed E-state index contributed by atoms with van der Waals surface area (Å²) >= 11 is 0. The fourth-order valence-electron chi connectivity index (χ4n) is 3.27. The standard InChI is InChI=1S/C18H25N5O2/c1-25-16-4-2-3-14(9-16)11-22-6-7-23(12-15(22)5-8-24)18-10-17(19)20-13-21-18/h2-4,9-10,13,15,24H,5-8,11-12H2,1H3,(H2,19,20,21)/t15-/m0/s1. The summed E-state index contributed by atoms with van der Waals surface area (Å²) in [4.78, 5) is 12.9. The first-order valence-electron chi connectivity index (χ1n) is 8.50. The van der Waals surface area contributed by atoms with Crippen molar-refractivity contribution in [3.8, 4) is 5.75 Å². The lowest BCUT2D eigenvalue weighted by molar-refractivity contribution is 0.135. The van der Waals surface area contributed by atoms with E-state index in [2.05, 4.69) is 31.9 Å². The SMILES string of the molecule is COc1cccc(CN2CCN(c3cc(N)ncn3)C[C@@H]2CCO)c1. The molecule has 25 heavy (non-hydrogen) atoms. The molecular formula is C18H25N5O2. The van der Waals surface area contributed by atoms with E-state index in [9.17, 15) is 5.11 Å². The molecule has 2 heterocycles. The zero-order chi connectivity index (χ0) is 17.6. The van der Waals surface area contributed by atoms with Crippen LogP contribution in [0.25, 0.3) is 0 Å². The molecule has 1 aliphatic heterocycles. The van der Waals surface area contributed by atoms with Gasteiger partial charge in [-0.1, -0.05) is 12.1 Å². The Hall–Kier alpha value is -2.38. The van der Waals surface area contributed by atoms with Gasteiger partial charge in [-0.05, 0) is 24.1 Å². The second kappa shape index (κ2) is 8.13. The van der Waals surface area contributed by atoms with E-state index in [1.165, 1.54) is 11.9 Å². The molecular weight excluding hydrogens is 318 g/mol. The van der Waals surface area contributed by atoms with Gasteiger partial charge in [0.15, 0.2) is 0 Å². The fraction of sp³-hybridized carbons (Fsp3) is 0.444. The van der Waals surface area contributed by atoms with Crippen LogP contribution < -0.4 is 15.4 Å². The monoisotopic (exact) mass is 343 g/mol. The van der Waals surface area contributed by atoms with E-state index >= 15 is 0 Å². The van der Waals surface area contributed by atoms with E-state index in [-0.39, 0.29) is 12.6 Å². The number of piperazine rings is 1. The molecule has 0 spiro atoms. The molecule has 1 saturated heterocycles. The van der Waals surface area contributed by atoms with Crippen LogP contribution in [0.15, 0.2) is 36.7 Å². The van der Waals surface area contributed by atoms with Gasteiger partial charge < -0.3 is 20.5 Å². The van der Waals surface area contributed by atoms with Crippen molar-refractivity contribution in [2.75, 3.05) is 44.0 Å². The van der Waals surface area contributed by atoms with Crippen LogP contribution >= 0.6 is 0 Å². The molecule has 7 heteroatoms. The molecule has 1 aromatic carbocycles. The fourth-order valence-corrected chi connectivity index (χ4v) is 3.27. The number of nitrogens with two attached hydrogens (primary N) is 1. The smallest absolute Gasteiger partial charge is 0.134 e. The minimum absolute atomic E-state index is 0.166. The van der Waals surface area contributed by atoms with Crippen LogP contribution in [0.2, 0.25) is 0 Å². The maximum absolute atomic E-state index is 9.47. The van der Waals surface area contributed by atoms with Crippen molar-refractivity contribution in [3.63, 3.8) is 0 Å². The van der Waals surface area contributed by atoms with Gasteiger partial charge in [-0.2, -0.15) is 0 Å². The zero-order valence-electron chi connectivity index (χ0n) is 14.5. The Labute approximate surface area is 148 Å². The van der Waals surface area contributed by atoms with Crippen LogP contribution in [0.1, 0.15) is 12.0 Å². The number of ether oxygens (including phenoxy) is 1. The summed E-state index contributed by atoms with van der Waals surface area (Å²) in [6.45, 7) is 3.57. The normalized spacial score (nSPS) is 18.3. The predicted molar refractivity (Wildman–Crippen MR) is 97.6 cm³/mol. The number of hydrogen-bond donors (Lipinski definition) is 2. The highest BCUT2D eigenvalue weighted by Crippen LogP contribution is 2.22. The first-order chi connectivity index (χ1) is 12.2. The van der Waals surface area contributed by atoms with Crippen LogP contribution in [0.5, 0.6) is 5.75 Å². The van der Waals surface area contributed by atoms with Gasteiger partial charge in [-0.15, -0.1) is 0 Å². The highest BCUT2D eigenvalue weighted by atomic mass is 16.5. The predicted octanol–water partition coefficient (Wildman–Crippen LogP) is 1.14. The van der Waals surface area contributed by atoms with E-state index in [1.54, 1.807) is 13.2 Å². The van der Waals surface area contributed by atoms with Crippen LogP contribution in [0.3, 0.4) is 0 Å². The zero-order valence-corrected chi connectivity index (χ0v) is 14.5. The van der Waals surface area contributed by atoms with Crippen LogP contribution in [-0.2, 0) is 6.54 Å². The second-order valence-corrected chi connectivity index (χ2v) is 6.24. The Kier molecular flexibility index (Phi) is 5.67. The molecule has 0 amide bonds. The Balaban J connectivity index is 1.71. The van der Waals surface area contributed by atoms with Gasteiger partial charge in [-0.25, -0.2) is 9.97 Å². The molecule has 7 nitrogen and oxygen atoms in total. The number of aromatic nitrogens is 2. The van der Waals surface area contributed by atoms with E-state index in [0.717, 1.165) is 44.2 Å². The van der Waals surface area contributed by atoms with Crippen LogP contribution in [0.4, 0.5) is 11.6 Å². The van der Waals surface area contributed by atoms with E-state index in [0.29, 0.717) is 5.82 Å². The largest absolute Gasteiger partial charge is 0.497 e. The summed E-state index contributed by atoms with van der Waals surface area (Å²) in [5, 5.41) is 9.47. The Morgan fingerprint density at radius 1 is 1.28 bits per heavy atom. The molecule has 0 radical (unpaired) electrons. The number of hydrogen-bond acceptors (Lipinski definition) is 7. The lowest BCUT2D eigenvalue weighted by Crippen LogP contribution is -2.53. The van der Waals surface area contributed by atoms with Gasteiger partial charge in [0.05, 0.1) is 7.11 Å². The molecule has 0 bridgehead atoms. The van der Waals surface area contributed by atoms with Crippen molar-refractivity contribution in [1.82, 2.24) is 14.9 Å². The molecule has 1 aromatic heterocycles. The quantitative estimate of drug-likeness (QED) is 0.813. The second-order valence-electron chi connectivity index (χ2n) is 6.24. The van der Waals surface area contributed by atoms with Crippen molar-refractivity contribution in [2.45, 2.75) is 19.0 Å². The molecule has 1 aliphatic rings. The number of nitrogens with zero attached hydrogens (tertiary/aromatic N) is 4. The van der Waals surface area contributed by atoms with Gasteiger partial charge in [-0.3, -0.25) is 4.90 Å². The van der Waals surface area contributed by atoms with Crippen molar-refractivity contribution >= 4 is 11.6 Å². The number of nitrogen functional groups attached to an aromatic ring is 1. The lowest BCUT2D eigenvalue weighted by atomic mass is 10.1. The van der Waals surface area contributed by atoms with Crippen molar-refractivity contribution in [1.29, 1.82) is 0 Å². The van der Waals surface area contributed by atoms with Crippen LogP contribution in [-0.4, -0.2) is 59.4 Å². The summed E-state index contributed by atoms with van der Waals surface area (Å²) in [5.41, 5.74) is 6.99. The molecule has 0 aliphatic carbocycles. The maximum atomic E-state index is 9.47. The molecule has 3 rings (SSSR count). The summed E-state index contributed by atoms with van der Waals surface area (Å²) in [5.74, 6) is 2.19. The summed E-state index contributed by atoms with van der Waals surface area (Å²) in [6.07, 6.45) is 2.22. The van der Waals surface area contributed by atoms with Gasteiger partial charge in [0.25, 0.3) is 0 Å². The summed E-state index contributed by atoms with van der Waals surface area (Å²) in [6, 6.07) is 10.2. The number of anilines is 2. The molecule has 0 unspecified atom stereocenters. The van der Waals surface area contributed by atoms with Gasteiger partial charge in [0.1, 0.15) is 23.7 Å². The highest BCUT2D eigenvalue weighted by molar-refractivity contribution is 5.46. The topological polar surface area (TPSA) is 87.7 Å². The van der Waals surface area contributed by atoms with E-state index in [4.69, 9.17) is 10.5 Å². The highest BCUT2D eigenvalue weighted by Gasteiger charge is 2.27. The first kappa shape index (κ1) is 17.4. The average Bonchev–Trinajstić information content (AvgIpc) is 2.63. The molecule has 2 aromatic rings. The van der Waals surface area contributed by atoms with Gasteiger partial charge in [0, 0.05) is 44.9 Å². The number of methoxy groups -OCH3 is 1. The number of rotatable bonds is 6. The number of aliphatic hydroxyl groups is 1.